The molecule has 7 heteroatoms. The van der Waals surface area contributed by atoms with Gasteiger partial charge in [-0.15, -0.1) is 0 Å². The first kappa shape index (κ1) is 22.1. The van der Waals surface area contributed by atoms with Gasteiger partial charge in [0.2, 0.25) is 0 Å². The van der Waals surface area contributed by atoms with Gasteiger partial charge in [0.15, 0.2) is 0 Å². The van der Waals surface area contributed by atoms with E-state index in [2.05, 4.69) is 15.9 Å². The maximum atomic E-state index is 12.3. The van der Waals surface area contributed by atoms with Gasteiger partial charge in [-0.2, -0.15) is 0 Å². The minimum Gasteiger partial charge on any atom is -0.462 e. The Balaban J connectivity index is 2.52. The number of ether oxygens (including phenoxy) is 2. The summed E-state index contributed by atoms with van der Waals surface area (Å²) in [6.07, 6.45) is -0.447. The fourth-order valence-corrected chi connectivity index (χ4v) is 4.65. The number of hydrogen-bond acceptors (Lipinski definition) is 5. The molecule has 27 heavy (non-hydrogen) atoms. The Hall–Kier alpha value is -1.18. The topological polar surface area (TPSA) is 57.5 Å². The third-order valence-corrected chi connectivity index (χ3v) is 6.22. The molecule has 1 aromatic carbocycles. The molecule has 2 aromatic rings. The van der Waals surface area contributed by atoms with E-state index in [4.69, 9.17) is 9.47 Å². The van der Waals surface area contributed by atoms with Crippen molar-refractivity contribution >= 4 is 43.5 Å². The van der Waals surface area contributed by atoms with Gasteiger partial charge in [-0.25, -0.2) is 0 Å². The van der Waals surface area contributed by atoms with Crippen molar-refractivity contribution in [3.8, 4) is 0 Å². The molecule has 0 aliphatic rings. The Morgan fingerprint density at radius 2 is 1.85 bits per heavy atom. The van der Waals surface area contributed by atoms with Crippen LogP contribution in [0.15, 0.2) is 15.3 Å². The molecule has 0 spiro atoms. The number of esters is 1. The van der Waals surface area contributed by atoms with Crippen LogP contribution in [0.2, 0.25) is 0 Å². The van der Waals surface area contributed by atoms with E-state index in [0.717, 1.165) is 25.8 Å². The summed E-state index contributed by atoms with van der Waals surface area (Å²) in [5, 5.41) is 0. The third-order valence-electron chi connectivity index (χ3n) is 4.07. The van der Waals surface area contributed by atoms with Crippen LogP contribution in [-0.4, -0.2) is 22.7 Å². The lowest BCUT2D eigenvalue weighted by Crippen LogP contribution is -2.30. The van der Waals surface area contributed by atoms with Crippen LogP contribution < -0.4 is 4.87 Å². The molecule has 2 rings (SSSR count). The van der Waals surface area contributed by atoms with Crippen molar-refractivity contribution in [1.82, 2.24) is 4.57 Å². The number of fused-ring (bicyclic) bond motifs is 1. The zero-order valence-electron chi connectivity index (χ0n) is 17.2. The zero-order chi connectivity index (χ0) is 20.7. The molecule has 0 amide bonds. The van der Waals surface area contributed by atoms with Crippen molar-refractivity contribution in [1.29, 1.82) is 0 Å². The number of thiazole rings is 1. The van der Waals surface area contributed by atoms with Crippen LogP contribution in [0.3, 0.4) is 0 Å². The molecule has 0 aliphatic carbocycles. The van der Waals surface area contributed by atoms with Gasteiger partial charge < -0.3 is 14.0 Å². The number of hydrogen-bond donors (Lipinski definition) is 0. The summed E-state index contributed by atoms with van der Waals surface area (Å²) >= 11 is 4.86. The normalized spacial score (nSPS) is 13.8. The number of carbonyl (C=O) groups excluding carboxylic acids is 1. The van der Waals surface area contributed by atoms with E-state index in [0.29, 0.717) is 0 Å². The Kier molecular flexibility index (Phi) is 6.29. The molecule has 0 bridgehead atoms. The van der Waals surface area contributed by atoms with Gasteiger partial charge in [-0.3, -0.25) is 9.59 Å². The Bertz CT molecular complexity index is 915. The first-order valence-corrected chi connectivity index (χ1v) is 10.5. The second-order valence-electron chi connectivity index (χ2n) is 8.76. The fraction of sp³-hybridized carbons (Fsp3) is 0.600. The molecule has 0 fully saturated rings. The summed E-state index contributed by atoms with van der Waals surface area (Å²) in [6, 6.07) is 1.98. The van der Waals surface area contributed by atoms with Gasteiger partial charge >= 0.3 is 10.8 Å². The molecule has 0 N–H and O–H groups in total. The summed E-state index contributed by atoms with van der Waals surface area (Å²) in [5.74, 6) is -0.274. The van der Waals surface area contributed by atoms with Crippen LogP contribution in [0.25, 0.3) is 10.2 Å². The highest BCUT2D eigenvalue weighted by Gasteiger charge is 2.30. The summed E-state index contributed by atoms with van der Waals surface area (Å²) in [5.41, 5.74) is 1.74. The highest BCUT2D eigenvalue weighted by atomic mass is 79.9. The lowest BCUT2D eigenvalue weighted by molar-refractivity contribution is -0.162. The van der Waals surface area contributed by atoms with Gasteiger partial charge in [-0.1, -0.05) is 11.3 Å². The first-order chi connectivity index (χ1) is 12.2. The van der Waals surface area contributed by atoms with Crippen molar-refractivity contribution in [3.05, 3.63) is 31.3 Å². The van der Waals surface area contributed by atoms with Crippen LogP contribution in [-0.2, 0) is 21.3 Å². The number of nitrogens with zero attached hydrogens (tertiary/aromatic N) is 1. The summed E-state index contributed by atoms with van der Waals surface area (Å²) in [7, 11) is 1.76. The van der Waals surface area contributed by atoms with Gasteiger partial charge in [0, 0.05) is 17.1 Å². The number of carbonyl (C=O) groups is 1. The predicted octanol–water partition coefficient (Wildman–Crippen LogP) is 5.12. The van der Waals surface area contributed by atoms with Crippen molar-refractivity contribution in [2.45, 2.75) is 60.2 Å². The summed E-state index contributed by atoms with van der Waals surface area (Å²) in [6.45, 7) is 13.5. The second kappa shape index (κ2) is 7.68. The Morgan fingerprint density at radius 3 is 2.37 bits per heavy atom. The van der Waals surface area contributed by atoms with E-state index in [1.807, 2.05) is 54.5 Å². The summed E-state index contributed by atoms with van der Waals surface area (Å²) < 4.78 is 15.1. The molecule has 1 aromatic heterocycles. The highest BCUT2D eigenvalue weighted by Crippen LogP contribution is 2.38. The lowest BCUT2D eigenvalue weighted by atomic mass is 9.97. The molecule has 1 heterocycles. The molecule has 0 radical (unpaired) electrons. The van der Waals surface area contributed by atoms with E-state index >= 15 is 0 Å². The Labute approximate surface area is 172 Å². The minimum absolute atomic E-state index is 0.0188. The largest absolute Gasteiger partial charge is 0.462 e. The molecule has 0 aliphatic heterocycles. The maximum absolute atomic E-state index is 12.3. The van der Waals surface area contributed by atoms with Gasteiger partial charge in [0.05, 0.1) is 21.2 Å². The third kappa shape index (κ3) is 5.00. The number of benzene rings is 1. The lowest BCUT2D eigenvalue weighted by Gasteiger charge is -2.30. The van der Waals surface area contributed by atoms with Gasteiger partial charge in [0.25, 0.3) is 0 Å². The quantitative estimate of drug-likeness (QED) is 0.597. The van der Waals surface area contributed by atoms with Crippen molar-refractivity contribution in [2.24, 2.45) is 12.5 Å². The minimum atomic E-state index is -0.582. The SMILES string of the molecule is Cc1cc2c(sc(=O)n2C)c(Br)c1C(COC(=O)C(C)(C)C)OC(C)(C)C. The van der Waals surface area contributed by atoms with Crippen molar-refractivity contribution in [3.63, 3.8) is 0 Å². The van der Waals surface area contributed by atoms with Crippen LogP contribution >= 0.6 is 27.3 Å². The maximum Gasteiger partial charge on any atom is 0.311 e. The number of rotatable bonds is 4. The van der Waals surface area contributed by atoms with E-state index < -0.39 is 17.1 Å². The smallest absolute Gasteiger partial charge is 0.311 e. The van der Waals surface area contributed by atoms with Crippen molar-refractivity contribution < 1.29 is 14.3 Å². The van der Waals surface area contributed by atoms with E-state index in [9.17, 15) is 9.59 Å². The van der Waals surface area contributed by atoms with Crippen molar-refractivity contribution in [2.75, 3.05) is 6.61 Å². The first-order valence-electron chi connectivity index (χ1n) is 8.86. The number of aromatic nitrogens is 1. The van der Waals surface area contributed by atoms with Crippen LogP contribution in [0, 0.1) is 12.3 Å². The standard InChI is InChI=1S/C20H28BrNO4S/c1-11-9-12-16(27-18(24)22(12)8)15(21)14(11)13(26-20(5,6)7)10-25-17(23)19(2,3)4/h9,13H,10H2,1-8H3. The predicted molar refractivity (Wildman–Crippen MR) is 113 cm³/mol. The van der Waals surface area contributed by atoms with Gasteiger partial charge in [-0.05, 0) is 76.0 Å². The van der Waals surface area contributed by atoms with Crippen LogP contribution in [0.5, 0.6) is 0 Å². The second-order valence-corrected chi connectivity index (χ2v) is 10.5. The molecular weight excluding hydrogens is 430 g/mol. The van der Waals surface area contributed by atoms with Gasteiger partial charge in [0.1, 0.15) is 12.7 Å². The summed E-state index contributed by atoms with van der Waals surface area (Å²) in [4.78, 5) is 24.3. The van der Waals surface area contributed by atoms with Crippen LogP contribution in [0.4, 0.5) is 0 Å². The molecule has 1 atom stereocenters. The molecule has 5 nitrogen and oxygen atoms in total. The molecule has 150 valence electrons. The molecular formula is C20H28BrNO4S. The van der Waals surface area contributed by atoms with E-state index in [1.54, 1.807) is 11.6 Å². The Morgan fingerprint density at radius 1 is 1.26 bits per heavy atom. The monoisotopic (exact) mass is 457 g/mol. The number of halogens is 1. The highest BCUT2D eigenvalue weighted by molar-refractivity contribution is 9.10. The molecule has 0 saturated heterocycles. The zero-order valence-corrected chi connectivity index (χ0v) is 19.6. The van der Waals surface area contributed by atoms with Crippen LogP contribution in [0.1, 0.15) is 58.8 Å². The van der Waals surface area contributed by atoms with E-state index in [-0.39, 0.29) is 17.4 Å². The molecule has 0 saturated carbocycles. The molecule has 1 unspecified atom stereocenters. The average Bonchev–Trinajstić information content (AvgIpc) is 2.78. The fourth-order valence-electron chi connectivity index (χ4n) is 2.72. The average molecular weight is 458 g/mol. The number of aryl methyl sites for hydroxylation is 2. The van der Waals surface area contributed by atoms with E-state index in [1.165, 1.54) is 11.3 Å².